The number of ether oxygens (including phenoxy) is 1. The fourth-order valence-electron chi connectivity index (χ4n) is 0.366. The number of nitrogens with two attached hydrogens (primary N) is 2. The molecule has 0 saturated heterocycles. The van der Waals surface area contributed by atoms with Gasteiger partial charge in [-0.1, -0.05) is 0 Å². The summed E-state index contributed by atoms with van der Waals surface area (Å²) in [4.78, 5) is 13.8. The summed E-state index contributed by atoms with van der Waals surface area (Å²) in [6.07, 6.45) is 0. The Morgan fingerprint density at radius 1 is 1.60 bits per heavy atom. The second-order valence-corrected chi connectivity index (χ2v) is 1.57. The molecule has 1 amide bonds. The van der Waals surface area contributed by atoms with Crippen molar-refractivity contribution in [1.82, 2.24) is 0 Å². The number of hydrogen-bond acceptors (Lipinski definition) is 2. The lowest BCUT2D eigenvalue weighted by atomic mass is 10.6. The van der Waals surface area contributed by atoms with Crippen molar-refractivity contribution in [2.75, 3.05) is 13.2 Å². The zero-order valence-corrected chi connectivity index (χ0v) is 5.83. The van der Waals surface area contributed by atoms with Gasteiger partial charge in [0.05, 0.1) is 0 Å². The summed E-state index contributed by atoms with van der Waals surface area (Å²) in [7, 11) is 0. The van der Waals surface area contributed by atoms with Gasteiger partial charge in [0, 0.05) is 6.61 Å². The average molecular weight is 145 g/mol. The molecule has 0 radical (unpaired) electrons. The molecule has 0 aromatic heterocycles. The molecular formula is C5H11N3O2. The van der Waals surface area contributed by atoms with Gasteiger partial charge in [-0.2, -0.15) is 4.99 Å². The molecule has 4 N–H and O–H groups in total. The van der Waals surface area contributed by atoms with Gasteiger partial charge >= 0.3 is 0 Å². The summed E-state index contributed by atoms with van der Waals surface area (Å²) in [5.74, 6) is -0.688. The van der Waals surface area contributed by atoms with Gasteiger partial charge in [0.2, 0.25) is 0 Å². The van der Waals surface area contributed by atoms with Crippen molar-refractivity contribution in [2.24, 2.45) is 16.5 Å². The first-order valence-electron chi connectivity index (χ1n) is 2.87. The maximum Gasteiger partial charge on any atom is 0.274 e. The molecule has 0 unspecified atom stereocenters. The van der Waals surface area contributed by atoms with E-state index in [-0.39, 0.29) is 12.6 Å². The van der Waals surface area contributed by atoms with E-state index in [1.807, 2.05) is 0 Å². The lowest BCUT2D eigenvalue weighted by Gasteiger charge is -1.94. The first-order valence-corrected chi connectivity index (χ1v) is 2.87. The third kappa shape index (κ3) is 5.04. The van der Waals surface area contributed by atoms with E-state index in [1.165, 1.54) is 0 Å². The molecule has 5 nitrogen and oxygen atoms in total. The van der Waals surface area contributed by atoms with Crippen LogP contribution in [-0.2, 0) is 9.53 Å². The van der Waals surface area contributed by atoms with Gasteiger partial charge in [-0.05, 0) is 6.92 Å². The van der Waals surface area contributed by atoms with Gasteiger partial charge in [0.1, 0.15) is 6.61 Å². The Morgan fingerprint density at radius 2 is 2.20 bits per heavy atom. The molecule has 0 aromatic carbocycles. The van der Waals surface area contributed by atoms with E-state index in [2.05, 4.69) is 4.99 Å². The summed E-state index contributed by atoms with van der Waals surface area (Å²) in [6.45, 7) is 2.20. The molecule has 0 bridgehead atoms. The minimum atomic E-state index is -0.457. The summed E-state index contributed by atoms with van der Waals surface area (Å²) in [5.41, 5.74) is 9.83. The van der Waals surface area contributed by atoms with E-state index in [1.54, 1.807) is 6.92 Å². The zero-order chi connectivity index (χ0) is 7.98. The molecule has 0 aliphatic rings. The molecule has 58 valence electrons. The Hall–Kier alpha value is -1.10. The van der Waals surface area contributed by atoms with E-state index in [4.69, 9.17) is 16.2 Å². The topological polar surface area (TPSA) is 90.7 Å². The highest BCUT2D eigenvalue weighted by Gasteiger charge is 1.96. The van der Waals surface area contributed by atoms with Gasteiger partial charge in [-0.25, -0.2) is 0 Å². The van der Waals surface area contributed by atoms with Crippen molar-refractivity contribution >= 4 is 11.9 Å². The highest BCUT2D eigenvalue weighted by molar-refractivity contribution is 5.91. The van der Waals surface area contributed by atoms with Crippen LogP contribution in [-0.4, -0.2) is 25.1 Å². The standard InChI is InChI=1S/C5H11N3O2/c1-2-10-3-4(9)8-5(6)7/h2-3H2,1H3,(H4,6,7,8,9). The minimum Gasteiger partial charge on any atom is -0.372 e. The lowest BCUT2D eigenvalue weighted by Crippen LogP contribution is -2.25. The van der Waals surface area contributed by atoms with Crippen molar-refractivity contribution in [2.45, 2.75) is 6.92 Å². The third-order valence-electron chi connectivity index (χ3n) is 0.683. The van der Waals surface area contributed by atoms with Gasteiger partial charge in [0.25, 0.3) is 5.91 Å². The molecule has 0 atom stereocenters. The van der Waals surface area contributed by atoms with Crippen LogP contribution in [0.15, 0.2) is 4.99 Å². The number of guanidine groups is 1. The fourth-order valence-corrected chi connectivity index (χ4v) is 0.366. The molecule has 0 heterocycles. The van der Waals surface area contributed by atoms with Crippen molar-refractivity contribution in [3.63, 3.8) is 0 Å². The van der Waals surface area contributed by atoms with E-state index >= 15 is 0 Å². The normalized spacial score (nSPS) is 8.90. The van der Waals surface area contributed by atoms with Crippen LogP contribution >= 0.6 is 0 Å². The Kier molecular flexibility index (Phi) is 4.23. The number of rotatable bonds is 3. The second-order valence-electron chi connectivity index (χ2n) is 1.57. The minimum absolute atomic E-state index is 0.0611. The van der Waals surface area contributed by atoms with Gasteiger partial charge < -0.3 is 16.2 Å². The van der Waals surface area contributed by atoms with Crippen LogP contribution in [0.4, 0.5) is 0 Å². The molecule has 0 fully saturated rings. The molecule has 0 saturated carbocycles. The Bertz CT molecular complexity index is 140. The zero-order valence-electron chi connectivity index (χ0n) is 5.83. The quantitative estimate of drug-likeness (QED) is 0.386. The Morgan fingerprint density at radius 3 is 2.60 bits per heavy atom. The highest BCUT2D eigenvalue weighted by atomic mass is 16.5. The van der Waals surface area contributed by atoms with E-state index in [9.17, 15) is 4.79 Å². The van der Waals surface area contributed by atoms with Crippen LogP contribution in [0.25, 0.3) is 0 Å². The largest absolute Gasteiger partial charge is 0.372 e. The fraction of sp³-hybridized carbons (Fsp3) is 0.600. The lowest BCUT2D eigenvalue weighted by molar-refractivity contribution is -0.122. The molecule has 0 aliphatic carbocycles. The number of carbonyl (C=O) groups excluding carboxylic acids is 1. The van der Waals surface area contributed by atoms with Crippen LogP contribution in [0.3, 0.4) is 0 Å². The SMILES string of the molecule is CCOCC(=O)N=C(N)N. The average Bonchev–Trinajstić information content (AvgIpc) is 1.82. The van der Waals surface area contributed by atoms with Crippen molar-refractivity contribution in [3.05, 3.63) is 0 Å². The van der Waals surface area contributed by atoms with Gasteiger partial charge in [-0.3, -0.25) is 4.79 Å². The van der Waals surface area contributed by atoms with Crippen molar-refractivity contribution in [3.8, 4) is 0 Å². The molecule has 0 spiro atoms. The molecule has 0 rings (SSSR count). The molecule has 5 heteroatoms. The van der Waals surface area contributed by atoms with Crippen molar-refractivity contribution < 1.29 is 9.53 Å². The first kappa shape index (κ1) is 8.90. The van der Waals surface area contributed by atoms with Gasteiger partial charge in [-0.15, -0.1) is 0 Å². The Labute approximate surface area is 59.0 Å². The second kappa shape index (κ2) is 4.75. The smallest absolute Gasteiger partial charge is 0.274 e. The Balaban J connectivity index is 3.54. The number of amides is 1. The molecule has 10 heavy (non-hydrogen) atoms. The summed E-state index contributed by atoms with van der Waals surface area (Å²) >= 11 is 0. The number of nitrogens with zero attached hydrogens (tertiary/aromatic N) is 1. The van der Waals surface area contributed by atoms with Crippen LogP contribution in [0.2, 0.25) is 0 Å². The van der Waals surface area contributed by atoms with E-state index in [0.29, 0.717) is 6.61 Å². The highest BCUT2D eigenvalue weighted by Crippen LogP contribution is 1.77. The maximum absolute atomic E-state index is 10.5. The number of hydrogen-bond donors (Lipinski definition) is 2. The monoisotopic (exact) mass is 145 g/mol. The summed E-state index contributed by atoms with van der Waals surface area (Å²) in [5, 5.41) is 0. The van der Waals surface area contributed by atoms with E-state index < -0.39 is 5.91 Å². The summed E-state index contributed by atoms with van der Waals surface area (Å²) < 4.78 is 4.73. The maximum atomic E-state index is 10.5. The van der Waals surface area contributed by atoms with Crippen LogP contribution < -0.4 is 11.5 Å². The molecular weight excluding hydrogens is 134 g/mol. The molecule has 0 aliphatic heterocycles. The van der Waals surface area contributed by atoms with Crippen LogP contribution in [0, 0.1) is 0 Å². The third-order valence-corrected chi connectivity index (χ3v) is 0.683. The first-order chi connectivity index (χ1) is 4.66. The van der Waals surface area contributed by atoms with Crippen molar-refractivity contribution in [1.29, 1.82) is 0 Å². The molecule has 0 aromatic rings. The predicted octanol–water partition coefficient (Wildman–Crippen LogP) is -1.18. The summed E-state index contributed by atoms with van der Waals surface area (Å²) in [6, 6.07) is 0. The van der Waals surface area contributed by atoms with E-state index in [0.717, 1.165) is 0 Å². The number of aliphatic imine (C=N–C) groups is 1. The van der Waals surface area contributed by atoms with Crippen LogP contribution in [0.5, 0.6) is 0 Å². The van der Waals surface area contributed by atoms with Gasteiger partial charge in [0.15, 0.2) is 5.96 Å². The predicted molar refractivity (Wildman–Crippen MR) is 37.3 cm³/mol. The number of carbonyl (C=O) groups is 1. The van der Waals surface area contributed by atoms with Crippen LogP contribution in [0.1, 0.15) is 6.92 Å².